The number of esters is 1. The first-order valence-electron chi connectivity index (χ1n) is 10.5. The van der Waals surface area contributed by atoms with Gasteiger partial charge in [0.1, 0.15) is 6.04 Å². The summed E-state index contributed by atoms with van der Waals surface area (Å²) in [7, 11) is 0. The molecule has 1 aliphatic heterocycles. The van der Waals surface area contributed by atoms with Crippen molar-refractivity contribution in [1.29, 1.82) is 0 Å². The third-order valence-corrected chi connectivity index (χ3v) is 5.23. The number of hydrogen-bond donors (Lipinski definition) is 1. The minimum Gasteiger partial charge on any atom is -0.454 e. The van der Waals surface area contributed by atoms with E-state index < -0.39 is 36.3 Å². The lowest BCUT2D eigenvalue weighted by atomic mass is 10.1. The molecule has 2 aromatic carbocycles. The van der Waals surface area contributed by atoms with E-state index in [-0.39, 0.29) is 17.5 Å². The van der Waals surface area contributed by atoms with Gasteiger partial charge in [0, 0.05) is 5.69 Å². The Morgan fingerprint density at radius 1 is 0.968 bits per heavy atom. The molecule has 31 heavy (non-hydrogen) atoms. The average molecular weight is 422 g/mol. The van der Waals surface area contributed by atoms with Crippen molar-refractivity contribution in [3.05, 3.63) is 65.2 Å². The van der Waals surface area contributed by atoms with Crippen LogP contribution in [0.5, 0.6) is 0 Å². The summed E-state index contributed by atoms with van der Waals surface area (Å²) < 4.78 is 5.19. The van der Waals surface area contributed by atoms with Gasteiger partial charge in [-0.05, 0) is 42.7 Å². The van der Waals surface area contributed by atoms with Gasteiger partial charge >= 0.3 is 5.97 Å². The van der Waals surface area contributed by atoms with E-state index in [9.17, 15) is 19.2 Å². The molecule has 0 radical (unpaired) electrons. The van der Waals surface area contributed by atoms with Gasteiger partial charge < -0.3 is 10.1 Å². The molecule has 0 fully saturated rings. The van der Waals surface area contributed by atoms with Gasteiger partial charge in [-0.25, -0.2) is 4.79 Å². The van der Waals surface area contributed by atoms with Gasteiger partial charge in [-0.15, -0.1) is 0 Å². The predicted molar refractivity (Wildman–Crippen MR) is 116 cm³/mol. The number of nitrogens with zero attached hydrogens (tertiary/aromatic N) is 1. The minimum atomic E-state index is -1.07. The molecular weight excluding hydrogens is 396 g/mol. The van der Waals surface area contributed by atoms with E-state index in [2.05, 4.69) is 5.32 Å². The van der Waals surface area contributed by atoms with Gasteiger partial charge in [-0.3, -0.25) is 19.3 Å². The van der Waals surface area contributed by atoms with Crippen LogP contribution >= 0.6 is 0 Å². The first kappa shape index (κ1) is 22.2. The maximum atomic E-state index is 12.8. The topological polar surface area (TPSA) is 92.8 Å². The normalized spacial score (nSPS) is 13.7. The van der Waals surface area contributed by atoms with Crippen LogP contribution in [0.25, 0.3) is 0 Å². The van der Waals surface area contributed by atoms with Gasteiger partial charge in [0.2, 0.25) is 0 Å². The van der Waals surface area contributed by atoms with Crippen LogP contribution in [0.15, 0.2) is 48.5 Å². The first-order valence-corrected chi connectivity index (χ1v) is 10.5. The van der Waals surface area contributed by atoms with Gasteiger partial charge in [-0.1, -0.05) is 51.0 Å². The van der Waals surface area contributed by atoms with Crippen LogP contribution in [0.4, 0.5) is 5.69 Å². The van der Waals surface area contributed by atoms with Crippen LogP contribution < -0.4 is 5.32 Å². The van der Waals surface area contributed by atoms with Crippen LogP contribution in [0.1, 0.15) is 59.4 Å². The standard InChI is InChI=1S/C24H26N2O5/c1-3-5-10-20(26-22(28)18-8-6-7-9-19(18)23(26)29)24(30)31-15-21(27)25-17-13-11-16(4-2)12-14-17/h6-9,11-14,20H,3-5,10,15H2,1-2H3,(H,25,27)/t20-/m0/s1. The minimum absolute atomic E-state index is 0.273. The van der Waals surface area contributed by atoms with Crippen molar-refractivity contribution in [3.63, 3.8) is 0 Å². The molecule has 0 aliphatic carbocycles. The summed E-state index contributed by atoms with van der Waals surface area (Å²) in [5.74, 6) is -2.29. The zero-order valence-corrected chi connectivity index (χ0v) is 17.7. The maximum Gasteiger partial charge on any atom is 0.329 e. The number of hydrogen-bond acceptors (Lipinski definition) is 5. The van der Waals surface area contributed by atoms with Crippen LogP contribution in [0, 0.1) is 0 Å². The Bertz CT molecular complexity index is 949. The number of rotatable bonds is 9. The molecule has 0 bridgehead atoms. The highest BCUT2D eigenvalue weighted by Crippen LogP contribution is 2.26. The molecule has 1 heterocycles. The molecule has 162 valence electrons. The summed E-state index contributed by atoms with van der Waals surface area (Å²) in [5.41, 5.74) is 2.29. The van der Waals surface area contributed by atoms with E-state index in [1.54, 1.807) is 36.4 Å². The van der Waals surface area contributed by atoms with Crippen molar-refractivity contribution >= 4 is 29.4 Å². The quantitative estimate of drug-likeness (QED) is 0.492. The fraction of sp³-hybridized carbons (Fsp3) is 0.333. The van der Waals surface area contributed by atoms with E-state index >= 15 is 0 Å². The number of amides is 3. The second kappa shape index (κ2) is 10.0. The number of unbranched alkanes of at least 4 members (excludes halogenated alkanes) is 1. The highest BCUT2D eigenvalue weighted by atomic mass is 16.5. The van der Waals surface area contributed by atoms with Gasteiger partial charge in [0.15, 0.2) is 6.61 Å². The van der Waals surface area contributed by atoms with Crippen molar-refractivity contribution in [2.75, 3.05) is 11.9 Å². The fourth-order valence-corrected chi connectivity index (χ4v) is 3.49. The van der Waals surface area contributed by atoms with Gasteiger partial charge in [0.05, 0.1) is 11.1 Å². The molecule has 1 atom stereocenters. The molecule has 3 rings (SSSR count). The van der Waals surface area contributed by atoms with Crippen LogP contribution in [-0.4, -0.2) is 41.2 Å². The molecule has 7 nitrogen and oxygen atoms in total. The lowest BCUT2D eigenvalue weighted by molar-refractivity contribution is -0.151. The Hall–Kier alpha value is -3.48. The van der Waals surface area contributed by atoms with E-state index in [0.717, 1.165) is 23.3 Å². The third kappa shape index (κ3) is 4.99. The van der Waals surface area contributed by atoms with Crippen molar-refractivity contribution in [3.8, 4) is 0 Å². The molecule has 0 unspecified atom stereocenters. The predicted octanol–water partition coefficient (Wildman–Crippen LogP) is 3.59. The molecule has 1 aliphatic rings. The highest BCUT2D eigenvalue weighted by Gasteiger charge is 2.43. The largest absolute Gasteiger partial charge is 0.454 e. The first-order chi connectivity index (χ1) is 15.0. The number of aryl methyl sites for hydroxylation is 1. The number of carbonyl (C=O) groups excluding carboxylic acids is 4. The fourth-order valence-electron chi connectivity index (χ4n) is 3.49. The maximum absolute atomic E-state index is 12.8. The zero-order chi connectivity index (χ0) is 22.4. The Morgan fingerprint density at radius 3 is 2.13 bits per heavy atom. The number of benzene rings is 2. The van der Waals surface area contributed by atoms with E-state index in [1.165, 1.54) is 0 Å². The highest BCUT2D eigenvalue weighted by molar-refractivity contribution is 6.22. The lowest BCUT2D eigenvalue weighted by Crippen LogP contribution is -2.46. The Morgan fingerprint density at radius 2 is 1.58 bits per heavy atom. The van der Waals surface area contributed by atoms with E-state index in [1.807, 2.05) is 26.0 Å². The summed E-state index contributed by atoms with van der Waals surface area (Å²) in [5, 5.41) is 2.67. The van der Waals surface area contributed by atoms with Crippen LogP contribution in [-0.2, 0) is 20.7 Å². The van der Waals surface area contributed by atoms with E-state index in [4.69, 9.17) is 4.74 Å². The SMILES string of the molecule is CCCC[C@@H](C(=O)OCC(=O)Nc1ccc(CC)cc1)N1C(=O)c2ccccc2C1=O. The van der Waals surface area contributed by atoms with Gasteiger partial charge in [0.25, 0.3) is 17.7 Å². The van der Waals surface area contributed by atoms with Crippen molar-refractivity contribution in [2.45, 2.75) is 45.6 Å². The molecule has 3 amide bonds. The van der Waals surface area contributed by atoms with Crippen molar-refractivity contribution in [2.24, 2.45) is 0 Å². The molecule has 0 aromatic heterocycles. The monoisotopic (exact) mass is 422 g/mol. The molecule has 0 spiro atoms. The average Bonchev–Trinajstić information content (AvgIpc) is 3.04. The Kier molecular flexibility index (Phi) is 7.18. The third-order valence-electron chi connectivity index (χ3n) is 5.23. The zero-order valence-electron chi connectivity index (χ0n) is 17.7. The number of ether oxygens (including phenoxy) is 1. The summed E-state index contributed by atoms with van der Waals surface area (Å²) >= 11 is 0. The number of fused-ring (bicyclic) bond motifs is 1. The molecule has 1 N–H and O–H groups in total. The summed E-state index contributed by atoms with van der Waals surface area (Å²) in [6, 6.07) is 12.8. The summed E-state index contributed by atoms with van der Waals surface area (Å²) in [6.07, 6.45) is 2.58. The van der Waals surface area contributed by atoms with Crippen LogP contribution in [0.3, 0.4) is 0 Å². The molecule has 0 saturated heterocycles. The molecular formula is C24H26N2O5. The number of carbonyl (C=O) groups is 4. The number of nitrogens with one attached hydrogen (secondary N) is 1. The van der Waals surface area contributed by atoms with E-state index in [0.29, 0.717) is 12.1 Å². The lowest BCUT2D eigenvalue weighted by Gasteiger charge is -2.24. The molecule has 2 aromatic rings. The summed E-state index contributed by atoms with van der Waals surface area (Å²) in [4.78, 5) is 51.5. The number of anilines is 1. The second-order valence-corrected chi connectivity index (χ2v) is 7.39. The molecule has 7 heteroatoms. The Labute approximate surface area is 181 Å². The number of imide groups is 1. The smallest absolute Gasteiger partial charge is 0.329 e. The van der Waals surface area contributed by atoms with Crippen LogP contribution in [0.2, 0.25) is 0 Å². The summed E-state index contributed by atoms with van der Waals surface area (Å²) in [6.45, 7) is 3.48. The Balaban J connectivity index is 1.65. The second-order valence-electron chi connectivity index (χ2n) is 7.39. The van der Waals surface area contributed by atoms with Crippen molar-refractivity contribution < 1.29 is 23.9 Å². The van der Waals surface area contributed by atoms with Crippen molar-refractivity contribution in [1.82, 2.24) is 4.90 Å². The molecule has 0 saturated carbocycles. The van der Waals surface area contributed by atoms with Gasteiger partial charge in [-0.2, -0.15) is 0 Å².